The molecule has 1 unspecified atom stereocenters. The molecule has 0 saturated carbocycles. The third-order valence-electron chi connectivity index (χ3n) is 6.43. The number of carbonyl (C=O) groups is 1. The summed E-state index contributed by atoms with van der Waals surface area (Å²) in [5, 5.41) is 14.1. The van der Waals surface area contributed by atoms with E-state index in [1.807, 2.05) is 36.4 Å². The van der Waals surface area contributed by atoms with E-state index in [1.165, 1.54) is 24.3 Å². The molecule has 7 heteroatoms. The molecule has 37 heavy (non-hydrogen) atoms. The maximum atomic E-state index is 14.6. The number of benzene rings is 4. The van der Waals surface area contributed by atoms with Crippen LogP contribution in [0.4, 0.5) is 8.78 Å². The number of aliphatic carboxylic acids is 1. The van der Waals surface area contributed by atoms with Gasteiger partial charge in [0.25, 0.3) is 0 Å². The van der Waals surface area contributed by atoms with E-state index in [0.29, 0.717) is 22.1 Å². The highest BCUT2D eigenvalue weighted by atomic mass is 35.5. The van der Waals surface area contributed by atoms with Crippen LogP contribution in [0.5, 0.6) is 5.75 Å². The molecule has 4 aromatic rings. The van der Waals surface area contributed by atoms with E-state index in [4.69, 9.17) is 9.84 Å². The van der Waals surface area contributed by atoms with Gasteiger partial charge in [-0.05, 0) is 107 Å². The molecular formula is C30H30ClF2NO3. The van der Waals surface area contributed by atoms with Crippen molar-refractivity contribution in [2.45, 2.75) is 38.8 Å². The highest BCUT2D eigenvalue weighted by Gasteiger charge is 2.16. The fraction of sp³-hybridized carbons (Fsp3) is 0.233. The number of hydrogen-bond donors (Lipinski definition) is 2. The van der Waals surface area contributed by atoms with Gasteiger partial charge < -0.3 is 15.2 Å². The Kier molecular flexibility index (Phi) is 9.24. The molecule has 0 amide bonds. The first kappa shape index (κ1) is 28.1. The zero-order valence-corrected chi connectivity index (χ0v) is 21.7. The summed E-state index contributed by atoms with van der Waals surface area (Å²) in [6.07, 6.45) is 0.115. The van der Waals surface area contributed by atoms with Crippen molar-refractivity contribution >= 4 is 29.1 Å². The van der Waals surface area contributed by atoms with Gasteiger partial charge in [-0.3, -0.25) is 4.79 Å². The normalized spacial score (nSPS) is 12.6. The molecule has 0 bridgehead atoms. The Labute approximate surface area is 221 Å². The minimum Gasteiger partial charge on any atom is -0.497 e. The quantitative estimate of drug-likeness (QED) is 0.236. The fourth-order valence-electron chi connectivity index (χ4n) is 4.52. The third-order valence-corrected chi connectivity index (χ3v) is 6.43. The summed E-state index contributed by atoms with van der Waals surface area (Å²) in [6.45, 7) is 4.12. The van der Waals surface area contributed by atoms with E-state index in [9.17, 15) is 13.6 Å². The largest absolute Gasteiger partial charge is 0.497 e. The molecule has 0 aliphatic rings. The maximum absolute atomic E-state index is 14.6. The van der Waals surface area contributed by atoms with Gasteiger partial charge in [0.15, 0.2) is 0 Å². The molecule has 0 aliphatic heterocycles. The van der Waals surface area contributed by atoms with Crippen molar-refractivity contribution in [1.29, 1.82) is 0 Å². The van der Waals surface area contributed by atoms with Gasteiger partial charge in [-0.25, -0.2) is 8.78 Å². The molecule has 0 heterocycles. The first-order valence-electron chi connectivity index (χ1n) is 11.9. The number of methoxy groups -OCH3 is 1. The van der Waals surface area contributed by atoms with Crippen molar-refractivity contribution in [3.8, 4) is 16.9 Å². The lowest BCUT2D eigenvalue weighted by Gasteiger charge is -2.23. The fourth-order valence-corrected chi connectivity index (χ4v) is 4.52. The summed E-state index contributed by atoms with van der Waals surface area (Å²) >= 11 is 0. The second-order valence-electron chi connectivity index (χ2n) is 9.06. The molecule has 2 atom stereocenters. The lowest BCUT2D eigenvalue weighted by molar-refractivity contribution is -0.136. The van der Waals surface area contributed by atoms with Crippen molar-refractivity contribution in [3.63, 3.8) is 0 Å². The van der Waals surface area contributed by atoms with Crippen molar-refractivity contribution < 1.29 is 23.4 Å². The number of aryl methyl sites for hydroxylation is 1. The van der Waals surface area contributed by atoms with Crippen molar-refractivity contribution in [2.75, 3.05) is 7.11 Å². The SMILES string of the molecule is COc1cccc([C@@H](C)NC(C)c2cc(-c3cc(F)cc(CCC(=O)O)c3)c3cc(F)ccc3c2)c1.Cl. The standard InChI is InChI=1S/C30H29F2NO3.ClH/c1-18(21-5-4-6-27(15-21)36-3)33-19(2)23-13-22-8-9-25(31)17-29(22)28(16-23)24-11-20(7-10-30(34)35)12-26(32)14-24;/h4-6,8-9,11-19,33H,7,10H2,1-3H3,(H,34,35);1H/t18-,19?;/m1./s1. The van der Waals surface area contributed by atoms with Crippen molar-refractivity contribution in [1.82, 2.24) is 5.32 Å². The van der Waals surface area contributed by atoms with E-state index in [0.717, 1.165) is 22.3 Å². The third kappa shape index (κ3) is 6.85. The van der Waals surface area contributed by atoms with Gasteiger partial charge in [0.2, 0.25) is 0 Å². The number of ether oxygens (including phenoxy) is 1. The molecule has 0 aromatic heterocycles. The van der Waals surface area contributed by atoms with Gasteiger partial charge in [-0.1, -0.05) is 24.3 Å². The average Bonchev–Trinajstić information content (AvgIpc) is 2.86. The van der Waals surface area contributed by atoms with Crippen LogP contribution in [0.25, 0.3) is 21.9 Å². The first-order chi connectivity index (χ1) is 17.2. The summed E-state index contributed by atoms with van der Waals surface area (Å²) in [4.78, 5) is 11.0. The highest BCUT2D eigenvalue weighted by molar-refractivity contribution is 5.97. The Bertz CT molecular complexity index is 1410. The van der Waals surface area contributed by atoms with Crippen LogP contribution in [0, 0.1) is 11.6 Å². The van der Waals surface area contributed by atoms with Crippen LogP contribution in [-0.4, -0.2) is 18.2 Å². The van der Waals surface area contributed by atoms with E-state index >= 15 is 0 Å². The molecule has 0 saturated heterocycles. The molecule has 194 valence electrons. The van der Waals surface area contributed by atoms with E-state index in [2.05, 4.69) is 19.2 Å². The van der Waals surface area contributed by atoms with Crippen LogP contribution in [0.1, 0.15) is 49.0 Å². The number of rotatable bonds is 9. The predicted octanol–water partition coefficient (Wildman–Crippen LogP) is 7.64. The minimum atomic E-state index is -0.944. The van der Waals surface area contributed by atoms with E-state index in [1.54, 1.807) is 19.2 Å². The van der Waals surface area contributed by atoms with E-state index in [-0.39, 0.29) is 43.1 Å². The summed E-state index contributed by atoms with van der Waals surface area (Å²) in [6, 6.07) is 20.9. The zero-order chi connectivity index (χ0) is 25.8. The lowest BCUT2D eigenvalue weighted by atomic mass is 9.91. The Hall–Kier alpha value is -3.48. The van der Waals surface area contributed by atoms with Crippen LogP contribution in [-0.2, 0) is 11.2 Å². The van der Waals surface area contributed by atoms with Crippen LogP contribution >= 0.6 is 12.4 Å². The lowest BCUT2D eigenvalue weighted by Crippen LogP contribution is -2.22. The Morgan fingerprint density at radius 3 is 2.41 bits per heavy atom. The summed E-state index contributed by atoms with van der Waals surface area (Å²) in [5.41, 5.74) is 3.91. The Morgan fingerprint density at radius 2 is 1.68 bits per heavy atom. The Balaban J connectivity index is 0.00000380. The maximum Gasteiger partial charge on any atom is 0.303 e. The highest BCUT2D eigenvalue weighted by Crippen LogP contribution is 2.34. The average molecular weight is 526 g/mol. The topological polar surface area (TPSA) is 58.6 Å². The van der Waals surface area contributed by atoms with Crippen LogP contribution in [0.2, 0.25) is 0 Å². The van der Waals surface area contributed by atoms with Crippen LogP contribution < -0.4 is 10.1 Å². The number of fused-ring (bicyclic) bond motifs is 1. The first-order valence-corrected chi connectivity index (χ1v) is 11.9. The van der Waals surface area contributed by atoms with Gasteiger partial charge in [0.05, 0.1) is 7.11 Å². The van der Waals surface area contributed by atoms with Gasteiger partial charge >= 0.3 is 5.97 Å². The predicted molar refractivity (Wildman–Crippen MR) is 145 cm³/mol. The minimum absolute atomic E-state index is 0. The zero-order valence-electron chi connectivity index (χ0n) is 20.9. The summed E-state index contributed by atoms with van der Waals surface area (Å²) < 4.78 is 34.1. The molecule has 0 aliphatic carbocycles. The number of hydrogen-bond acceptors (Lipinski definition) is 3. The summed E-state index contributed by atoms with van der Waals surface area (Å²) in [5.74, 6) is -0.994. The smallest absolute Gasteiger partial charge is 0.303 e. The summed E-state index contributed by atoms with van der Waals surface area (Å²) in [7, 11) is 1.64. The van der Waals surface area contributed by atoms with E-state index < -0.39 is 11.8 Å². The van der Waals surface area contributed by atoms with Gasteiger partial charge in [-0.15, -0.1) is 12.4 Å². The molecule has 0 radical (unpaired) electrons. The monoisotopic (exact) mass is 525 g/mol. The molecule has 4 aromatic carbocycles. The number of nitrogens with one attached hydrogen (secondary N) is 1. The van der Waals surface area contributed by atoms with Crippen molar-refractivity contribution in [2.24, 2.45) is 0 Å². The van der Waals surface area contributed by atoms with Crippen molar-refractivity contribution in [3.05, 3.63) is 101 Å². The van der Waals surface area contributed by atoms with Gasteiger partial charge in [0.1, 0.15) is 17.4 Å². The molecule has 0 fully saturated rings. The second-order valence-corrected chi connectivity index (χ2v) is 9.06. The number of halogens is 3. The molecule has 4 nitrogen and oxygen atoms in total. The second kappa shape index (κ2) is 12.2. The van der Waals surface area contributed by atoms with Crippen LogP contribution in [0.15, 0.2) is 72.8 Å². The Morgan fingerprint density at radius 1 is 0.919 bits per heavy atom. The van der Waals surface area contributed by atoms with Gasteiger partial charge in [-0.2, -0.15) is 0 Å². The molecule has 2 N–H and O–H groups in total. The van der Waals surface area contributed by atoms with Crippen LogP contribution in [0.3, 0.4) is 0 Å². The molecule has 4 rings (SSSR count). The number of carboxylic acid groups (broad SMARTS) is 1. The number of carboxylic acids is 1. The molecule has 0 spiro atoms. The molecular weight excluding hydrogens is 496 g/mol. The van der Waals surface area contributed by atoms with Gasteiger partial charge in [0, 0.05) is 18.5 Å².